The Labute approximate surface area is 157 Å². The van der Waals surface area contributed by atoms with Crippen LogP contribution in [0.1, 0.15) is 36.7 Å². The van der Waals surface area contributed by atoms with E-state index in [1.54, 1.807) is 24.3 Å². The fourth-order valence-electron chi connectivity index (χ4n) is 3.48. The van der Waals surface area contributed by atoms with Gasteiger partial charge in [0.2, 0.25) is 5.91 Å². The summed E-state index contributed by atoms with van der Waals surface area (Å²) >= 11 is 0. The van der Waals surface area contributed by atoms with Crippen LogP contribution in [0.2, 0.25) is 0 Å². The lowest BCUT2D eigenvalue weighted by Crippen LogP contribution is -2.47. The summed E-state index contributed by atoms with van der Waals surface area (Å²) in [5.41, 5.74) is 5.33. The number of nitrogens with one attached hydrogen (secondary N) is 1. The zero-order chi connectivity index (χ0) is 19.4. The molecule has 0 saturated carbocycles. The Morgan fingerprint density at radius 2 is 1.89 bits per heavy atom. The molecule has 2 heterocycles. The number of fused-ring (bicyclic) bond motifs is 1. The van der Waals surface area contributed by atoms with Gasteiger partial charge in [-0.25, -0.2) is 4.68 Å². The molecule has 1 fully saturated rings. The third kappa shape index (κ3) is 4.33. The van der Waals surface area contributed by atoms with Crippen molar-refractivity contribution in [3.8, 4) is 0 Å². The first-order chi connectivity index (χ1) is 13.0. The molecule has 0 spiro atoms. The third-order valence-corrected chi connectivity index (χ3v) is 4.82. The number of rotatable bonds is 6. The number of nitrogens with zero attached hydrogens (tertiary/aromatic N) is 3. The fourth-order valence-corrected chi connectivity index (χ4v) is 3.48. The molecule has 0 atom stereocenters. The summed E-state index contributed by atoms with van der Waals surface area (Å²) in [7, 11) is 0. The summed E-state index contributed by atoms with van der Waals surface area (Å²) in [6.45, 7) is 4.09. The van der Waals surface area contributed by atoms with E-state index >= 15 is 0 Å². The van der Waals surface area contributed by atoms with E-state index in [1.165, 1.54) is 4.68 Å². The number of amides is 2. The lowest BCUT2D eigenvalue weighted by atomic mass is 10.0. The number of primary amides is 1. The molecule has 0 unspecified atom stereocenters. The van der Waals surface area contributed by atoms with Crippen molar-refractivity contribution in [2.24, 2.45) is 5.73 Å². The molecule has 1 aromatic heterocycles. The van der Waals surface area contributed by atoms with Crippen LogP contribution in [0.5, 0.6) is 0 Å². The Bertz CT molecular complexity index is 900. The number of hydrogen-bond acceptors (Lipinski definition) is 5. The molecule has 1 aliphatic rings. The van der Waals surface area contributed by atoms with E-state index in [2.05, 4.69) is 10.4 Å². The van der Waals surface area contributed by atoms with Crippen LogP contribution in [-0.2, 0) is 11.3 Å². The van der Waals surface area contributed by atoms with Gasteiger partial charge in [0.05, 0.1) is 11.9 Å². The molecule has 1 saturated heterocycles. The number of carbonyl (C=O) groups excluding carboxylic acids is 2. The molecule has 0 radical (unpaired) electrons. The van der Waals surface area contributed by atoms with Crippen molar-refractivity contribution >= 4 is 22.6 Å². The normalized spacial score (nSPS) is 15.7. The molecule has 3 rings (SSSR count). The van der Waals surface area contributed by atoms with Crippen molar-refractivity contribution in [2.75, 3.05) is 19.6 Å². The highest BCUT2D eigenvalue weighted by Gasteiger charge is 2.24. The van der Waals surface area contributed by atoms with Gasteiger partial charge in [-0.05, 0) is 25.3 Å². The van der Waals surface area contributed by atoms with Crippen molar-refractivity contribution in [3.05, 3.63) is 40.3 Å². The molecule has 8 heteroatoms. The van der Waals surface area contributed by atoms with Crippen LogP contribution in [-0.4, -0.2) is 52.2 Å². The van der Waals surface area contributed by atoms with E-state index in [-0.39, 0.29) is 35.7 Å². The van der Waals surface area contributed by atoms with Crippen LogP contribution in [0.25, 0.3) is 10.8 Å². The Morgan fingerprint density at radius 3 is 2.52 bits per heavy atom. The lowest BCUT2D eigenvalue weighted by molar-refractivity contribution is -0.119. The number of nitrogens with two attached hydrogens (primary N) is 1. The highest BCUT2D eigenvalue weighted by atomic mass is 16.2. The minimum atomic E-state index is -0.341. The van der Waals surface area contributed by atoms with Crippen LogP contribution in [0.4, 0.5) is 0 Å². The van der Waals surface area contributed by atoms with Gasteiger partial charge in [-0.1, -0.05) is 25.1 Å². The van der Waals surface area contributed by atoms with E-state index in [9.17, 15) is 14.4 Å². The van der Waals surface area contributed by atoms with Crippen LogP contribution < -0.4 is 16.6 Å². The standard InChI is InChI=1S/C19H25N5O3/c1-2-9-24-19(27)15-6-4-3-5-14(15)17(22-24)18(26)21-13-7-10-23(11-8-13)12-16(20)25/h3-6,13H,2,7-12H2,1H3,(H2,20,25)(H,21,26). The van der Waals surface area contributed by atoms with Crippen molar-refractivity contribution in [3.63, 3.8) is 0 Å². The Kier molecular flexibility index (Phi) is 5.85. The molecule has 1 aliphatic heterocycles. The summed E-state index contributed by atoms with van der Waals surface area (Å²) in [5.74, 6) is -0.615. The number of likely N-dealkylation sites (tertiary alicyclic amines) is 1. The van der Waals surface area contributed by atoms with Gasteiger partial charge in [-0.15, -0.1) is 0 Å². The predicted octanol–water partition coefficient (Wildman–Crippen LogP) is 0.486. The van der Waals surface area contributed by atoms with E-state index in [0.29, 0.717) is 30.4 Å². The molecule has 0 bridgehead atoms. The smallest absolute Gasteiger partial charge is 0.274 e. The number of piperidine rings is 1. The quantitative estimate of drug-likeness (QED) is 0.768. The van der Waals surface area contributed by atoms with Gasteiger partial charge in [0.25, 0.3) is 11.5 Å². The van der Waals surface area contributed by atoms with Gasteiger partial charge in [-0.2, -0.15) is 5.10 Å². The lowest BCUT2D eigenvalue weighted by Gasteiger charge is -2.31. The summed E-state index contributed by atoms with van der Waals surface area (Å²) in [6.07, 6.45) is 2.24. The number of aryl methyl sites for hydroxylation is 1. The summed E-state index contributed by atoms with van der Waals surface area (Å²) in [4.78, 5) is 38.4. The Hall–Kier alpha value is -2.74. The van der Waals surface area contributed by atoms with Crippen molar-refractivity contribution < 1.29 is 9.59 Å². The number of aromatic nitrogens is 2. The van der Waals surface area contributed by atoms with Gasteiger partial charge in [0.1, 0.15) is 0 Å². The average Bonchev–Trinajstić information content (AvgIpc) is 2.65. The Morgan fingerprint density at radius 1 is 1.22 bits per heavy atom. The van der Waals surface area contributed by atoms with E-state index in [1.807, 2.05) is 11.8 Å². The minimum Gasteiger partial charge on any atom is -0.369 e. The Balaban J connectivity index is 1.79. The van der Waals surface area contributed by atoms with Crippen LogP contribution in [0.15, 0.2) is 29.1 Å². The van der Waals surface area contributed by atoms with Crippen molar-refractivity contribution in [1.82, 2.24) is 20.0 Å². The highest BCUT2D eigenvalue weighted by Crippen LogP contribution is 2.15. The third-order valence-electron chi connectivity index (χ3n) is 4.82. The van der Waals surface area contributed by atoms with Gasteiger partial charge in [-0.3, -0.25) is 19.3 Å². The average molecular weight is 371 g/mol. The van der Waals surface area contributed by atoms with Gasteiger partial charge in [0.15, 0.2) is 5.69 Å². The number of carbonyl (C=O) groups is 2. The topological polar surface area (TPSA) is 110 Å². The SMILES string of the molecule is CCCn1nc(C(=O)NC2CCN(CC(N)=O)CC2)c2ccccc2c1=O. The zero-order valence-electron chi connectivity index (χ0n) is 15.5. The van der Waals surface area contributed by atoms with E-state index in [0.717, 1.165) is 19.3 Å². The second kappa shape index (κ2) is 8.30. The second-order valence-corrected chi connectivity index (χ2v) is 6.91. The molecule has 2 amide bonds. The molecule has 144 valence electrons. The van der Waals surface area contributed by atoms with Gasteiger partial charge >= 0.3 is 0 Å². The monoisotopic (exact) mass is 371 g/mol. The molecular weight excluding hydrogens is 346 g/mol. The predicted molar refractivity (Wildman–Crippen MR) is 102 cm³/mol. The molecule has 2 aromatic rings. The van der Waals surface area contributed by atoms with Crippen molar-refractivity contribution in [1.29, 1.82) is 0 Å². The highest BCUT2D eigenvalue weighted by molar-refractivity contribution is 6.04. The maximum atomic E-state index is 12.9. The molecule has 3 N–H and O–H groups in total. The fraction of sp³-hybridized carbons (Fsp3) is 0.474. The second-order valence-electron chi connectivity index (χ2n) is 6.91. The number of hydrogen-bond donors (Lipinski definition) is 2. The molecular formula is C19H25N5O3. The van der Waals surface area contributed by atoms with Crippen LogP contribution >= 0.6 is 0 Å². The first-order valence-corrected chi connectivity index (χ1v) is 9.31. The first kappa shape index (κ1) is 19.0. The van der Waals surface area contributed by atoms with Crippen LogP contribution in [0.3, 0.4) is 0 Å². The zero-order valence-corrected chi connectivity index (χ0v) is 15.5. The largest absolute Gasteiger partial charge is 0.369 e. The first-order valence-electron chi connectivity index (χ1n) is 9.31. The molecule has 8 nitrogen and oxygen atoms in total. The van der Waals surface area contributed by atoms with Crippen LogP contribution in [0, 0.1) is 0 Å². The van der Waals surface area contributed by atoms with Crippen molar-refractivity contribution in [2.45, 2.75) is 38.8 Å². The maximum absolute atomic E-state index is 12.9. The molecule has 0 aliphatic carbocycles. The molecule has 1 aromatic carbocycles. The van der Waals surface area contributed by atoms with E-state index in [4.69, 9.17) is 5.73 Å². The summed E-state index contributed by atoms with van der Waals surface area (Å²) in [6, 6.07) is 7.08. The summed E-state index contributed by atoms with van der Waals surface area (Å²) in [5, 5.41) is 8.43. The maximum Gasteiger partial charge on any atom is 0.274 e. The minimum absolute atomic E-state index is 0.00809. The number of benzene rings is 1. The van der Waals surface area contributed by atoms with Gasteiger partial charge < -0.3 is 11.1 Å². The molecule has 27 heavy (non-hydrogen) atoms. The summed E-state index contributed by atoms with van der Waals surface area (Å²) < 4.78 is 1.37. The van der Waals surface area contributed by atoms with Gasteiger partial charge in [0, 0.05) is 31.1 Å². The van der Waals surface area contributed by atoms with E-state index < -0.39 is 0 Å².